The number of hydrogen-bond donors (Lipinski definition) is 2. The third-order valence-corrected chi connectivity index (χ3v) is 5.01. The third-order valence-electron chi connectivity index (χ3n) is 5.01. The Hall–Kier alpha value is -2.74. The summed E-state index contributed by atoms with van der Waals surface area (Å²) in [7, 11) is 0. The number of piperazine rings is 1. The van der Waals surface area contributed by atoms with Crippen LogP contribution in [0.25, 0.3) is 5.65 Å². The van der Waals surface area contributed by atoms with E-state index in [9.17, 15) is 0 Å². The zero-order valence-electron chi connectivity index (χ0n) is 14.6. The first-order valence-electron chi connectivity index (χ1n) is 9.22. The Morgan fingerprint density at radius 3 is 2.85 bits per heavy atom. The first kappa shape index (κ1) is 15.5. The minimum absolute atomic E-state index is 0.557. The monoisotopic (exact) mass is 350 g/mol. The summed E-state index contributed by atoms with van der Waals surface area (Å²) in [6.45, 7) is 4.68. The van der Waals surface area contributed by atoms with E-state index in [2.05, 4.69) is 46.2 Å². The molecule has 3 aromatic heterocycles. The maximum atomic E-state index is 4.53. The van der Waals surface area contributed by atoms with Gasteiger partial charge in [0.2, 0.25) is 5.65 Å². The van der Waals surface area contributed by atoms with Crippen LogP contribution in [-0.2, 0) is 6.54 Å². The maximum Gasteiger partial charge on any atom is 0.203 e. The fourth-order valence-corrected chi connectivity index (χ4v) is 3.41. The van der Waals surface area contributed by atoms with Crippen LogP contribution in [0.3, 0.4) is 0 Å². The molecule has 1 saturated carbocycles. The van der Waals surface area contributed by atoms with E-state index in [4.69, 9.17) is 0 Å². The van der Waals surface area contributed by atoms with E-state index in [1.54, 1.807) is 0 Å². The van der Waals surface area contributed by atoms with Crippen LogP contribution in [-0.4, -0.2) is 50.7 Å². The van der Waals surface area contributed by atoms with Crippen molar-refractivity contribution in [2.75, 3.05) is 36.4 Å². The number of aromatic nitrogens is 5. The zero-order chi connectivity index (χ0) is 17.3. The number of hydrogen-bond acceptors (Lipinski definition) is 7. The molecule has 3 aromatic rings. The summed E-state index contributed by atoms with van der Waals surface area (Å²) < 4.78 is 2.06. The van der Waals surface area contributed by atoms with Crippen molar-refractivity contribution in [1.82, 2.24) is 29.9 Å². The van der Waals surface area contributed by atoms with Gasteiger partial charge in [-0.15, -0.1) is 10.2 Å². The summed E-state index contributed by atoms with van der Waals surface area (Å²) in [6, 6.07) is 4.19. The Kier molecular flexibility index (Phi) is 3.89. The molecule has 4 heterocycles. The van der Waals surface area contributed by atoms with Gasteiger partial charge in [-0.05, 0) is 30.5 Å². The Labute approximate surface area is 151 Å². The molecule has 1 saturated heterocycles. The van der Waals surface area contributed by atoms with Crippen LogP contribution in [0.2, 0.25) is 0 Å². The number of fused-ring (bicyclic) bond motifs is 1. The van der Waals surface area contributed by atoms with Crippen molar-refractivity contribution in [2.24, 2.45) is 0 Å². The number of anilines is 2. The average Bonchev–Trinajstić information content (AvgIpc) is 3.46. The lowest BCUT2D eigenvalue weighted by Gasteiger charge is -2.28. The first-order chi connectivity index (χ1) is 12.9. The van der Waals surface area contributed by atoms with E-state index in [-0.39, 0.29) is 0 Å². The van der Waals surface area contributed by atoms with Crippen LogP contribution in [0.5, 0.6) is 0 Å². The normalized spacial score (nSPS) is 17.6. The van der Waals surface area contributed by atoms with Gasteiger partial charge in [0, 0.05) is 57.2 Å². The fraction of sp³-hybridized carbons (Fsp3) is 0.444. The van der Waals surface area contributed by atoms with E-state index in [0.29, 0.717) is 12.5 Å². The highest BCUT2D eigenvalue weighted by atomic mass is 15.3. The van der Waals surface area contributed by atoms with Crippen molar-refractivity contribution >= 4 is 17.3 Å². The van der Waals surface area contributed by atoms with Crippen molar-refractivity contribution in [1.29, 1.82) is 0 Å². The maximum absolute atomic E-state index is 4.53. The van der Waals surface area contributed by atoms with Gasteiger partial charge in [-0.25, -0.2) is 9.97 Å². The summed E-state index contributed by atoms with van der Waals surface area (Å²) >= 11 is 0. The van der Waals surface area contributed by atoms with Crippen molar-refractivity contribution in [3.05, 3.63) is 42.1 Å². The average molecular weight is 350 g/mol. The Morgan fingerprint density at radius 2 is 2.00 bits per heavy atom. The second kappa shape index (κ2) is 6.53. The van der Waals surface area contributed by atoms with Gasteiger partial charge in [0.1, 0.15) is 11.6 Å². The Morgan fingerprint density at radius 1 is 1.12 bits per heavy atom. The van der Waals surface area contributed by atoms with Gasteiger partial charge in [-0.1, -0.05) is 0 Å². The summed E-state index contributed by atoms with van der Waals surface area (Å²) in [4.78, 5) is 11.3. The van der Waals surface area contributed by atoms with E-state index in [0.717, 1.165) is 49.3 Å². The van der Waals surface area contributed by atoms with Gasteiger partial charge in [-0.2, -0.15) is 0 Å². The van der Waals surface area contributed by atoms with Crippen LogP contribution < -0.4 is 15.5 Å². The lowest BCUT2D eigenvalue weighted by atomic mass is 10.2. The molecule has 1 aliphatic carbocycles. The molecule has 0 unspecified atom stereocenters. The van der Waals surface area contributed by atoms with Gasteiger partial charge in [0.05, 0.1) is 0 Å². The molecule has 0 radical (unpaired) electrons. The summed E-state index contributed by atoms with van der Waals surface area (Å²) in [6.07, 6.45) is 8.05. The van der Waals surface area contributed by atoms with Gasteiger partial charge in [0.25, 0.3) is 0 Å². The standard InChI is InChI=1S/C18H22N8/c1-2-14(1)17-23-24-18-16(21-7-10-26(17)18)22-12-13-3-4-20-15(11-13)25-8-5-19-6-9-25/h3-4,7,10-11,14,19H,1-2,5-6,8-9,12H2,(H,21,22). The van der Waals surface area contributed by atoms with Crippen molar-refractivity contribution in [3.8, 4) is 0 Å². The molecule has 0 amide bonds. The predicted molar refractivity (Wildman–Crippen MR) is 99.4 cm³/mol. The molecule has 26 heavy (non-hydrogen) atoms. The first-order valence-corrected chi connectivity index (χ1v) is 9.22. The molecule has 0 aromatic carbocycles. The van der Waals surface area contributed by atoms with Crippen LogP contribution >= 0.6 is 0 Å². The molecule has 0 atom stereocenters. The fourth-order valence-electron chi connectivity index (χ4n) is 3.41. The van der Waals surface area contributed by atoms with Crippen molar-refractivity contribution in [3.63, 3.8) is 0 Å². The SMILES string of the molecule is c1cc(CNc2nccn3c(C4CC4)nnc23)cc(N2CCNCC2)n1. The summed E-state index contributed by atoms with van der Waals surface area (Å²) in [5, 5.41) is 15.5. The molecular weight excluding hydrogens is 328 g/mol. The second-order valence-electron chi connectivity index (χ2n) is 6.91. The molecule has 1 aliphatic heterocycles. The molecular formula is C18H22N8. The predicted octanol–water partition coefficient (Wildman–Crippen LogP) is 1.42. The minimum atomic E-state index is 0.557. The van der Waals surface area contributed by atoms with Gasteiger partial charge in [-0.3, -0.25) is 4.40 Å². The Balaban J connectivity index is 1.34. The van der Waals surface area contributed by atoms with E-state index in [1.807, 2.05) is 24.7 Å². The van der Waals surface area contributed by atoms with Crippen LogP contribution in [0.4, 0.5) is 11.6 Å². The molecule has 2 aliphatic rings. The molecule has 0 spiro atoms. The second-order valence-corrected chi connectivity index (χ2v) is 6.91. The third kappa shape index (κ3) is 2.96. The lowest BCUT2D eigenvalue weighted by molar-refractivity contribution is 0.585. The Bertz CT molecular complexity index is 910. The van der Waals surface area contributed by atoms with Crippen LogP contribution in [0.15, 0.2) is 30.7 Å². The van der Waals surface area contributed by atoms with Gasteiger partial charge in [0.15, 0.2) is 5.82 Å². The zero-order valence-corrected chi connectivity index (χ0v) is 14.6. The van der Waals surface area contributed by atoms with Crippen molar-refractivity contribution < 1.29 is 0 Å². The van der Waals surface area contributed by atoms with Crippen LogP contribution in [0, 0.1) is 0 Å². The largest absolute Gasteiger partial charge is 0.363 e. The highest BCUT2D eigenvalue weighted by Crippen LogP contribution is 2.39. The molecule has 5 rings (SSSR count). The lowest BCUT2D eigenvalue weighted by Crippen LogP contribution is -2.43. The van der Waals surface area contributed by atoms with E-state index in [1.165, 1.54) is 18.4 Å². The van der Waals surface area contributed by atoms with Crippen molar-refractivity contribution in [2.45, 2.75) is 25.3 Å². The number of nitrogens with zero attached hydrogens (tertiary/aromatic N) is 6. The minimum Gasteiger partial charge on any atom is -0.363 e. The van der Waals surface area contributed by atoms with Gasteiger partial charge >= 0.3 is 0 Å². The van der Waals surface area contributed by atoms with Crippen LogP contribution in [0.1, 0.15) is 30.1 Å². The topological polar surface area (TPSA) is 83.3 Å². The number of rotatable bonds is 5. The summed E-state index contributed by atoms with van der Waals surface area (Å²) in [5.74, 6) is 3.42. The smallest absolute Gasteiger partial charge is 0.203 e. The van der Waals surface area contributed by atoms with Gasteiger partial charge < -0.3 is 15.5 Å². The number of pyridine rings is 1. The molecule has 134 valence electrons. The highest BCUT2D eigenvalue weighted by molar-refractivity contribution is 5.62. The molecule has 8 nitrogen and oxygen atoms in total. The molecule has 2 N–H and O–H groups in total. The molecule has 0 bridgehead atoms. The summed E-state index contributed by atoms with van der Waals surface area (Å²) in [5.41, 5.74) is 1.98. The van der Waals surface area contributed by atoms with E-state index >= 15 is 0 Å². The molecule has 2 fully saturated rings. The quantitative estimate of drug-likeness (QED) is 0.720. The molecule has 8 heteroatoms. The van der Waals surface area contributed by atoms with E-state index < -0.39 is 0 Å². The highest BCUT2D eigenvalue weighted by Gasteiger charge is 2.29. The number of nitrogens with one attached hydrogen (secondary N) is 2.